The predicted octanol–water partition coefficient (Wildman–Crippen LogP) is 2.12. The van der Waals surface area contributed by atoms with Gasteiger partial charge < -0.3 is 5.32 Å². The molecule has 0 aromatic rings. The number of sulfonamides is 1. The van der Waals surface area contributed by atoms with Crippen molar-refractivity contribution < 1.29 is 8.42 Å². The molecule has 0 heterocycles. The molecule has 0 atom stereocenters. The summed E-state index contributed by atoms with van der Waals surface area (Å²) in [6.07, 6.45) is 5.32. The maximum Gasteiger partial charge on any atom is 0.211 e. The highest BCUT2D eigenvalue weighted by molar-refractivity contribution is 7.89. The normalized spacial score (nSPS) is 12.9. The first-order valence-electron chi connectivity index (χ1n) is 6.95. The average Bonchev–Trinajstić information content (AvgIpc) is 2.27. The van der Waals surface area contributed by atoms with Crippen LogP contribution in [0.2, 0.25) is 0 Å². The van der Waals surface area contributed by atoms with Gasteiger partial charge >= 0.3 is 0 Å². The minimum Gasteiger partial charge on any atom is -0.320 e. The van der Waals surface area contributed by atoms with Crippen molar-refractivity contribution in [1.82, 2.24) is 10.0 Å². The molecule has 0 saturated heterocycles. The minimum atomic E-state index is -3.11. The molecule has 0 fully saturated rings. The molecule has 0 aliphatic carbocycles. The predicted molar refractivity (Wildman–Crippen MR) is 78.3 cm³/mol. The van der Waals surface area contributed by atoms with Crippen molar-refractivity contribution in [3.63, 3.8) is 0 Å². The van der Waals surface area contributed by atoms with Gasteiger partial charge in [0.15, 0.2) is 0 Å². The summed E-state index contributed by atoms with van der Waals surface area (Å²) >= 11 is 0. The van der Waals surface area contributed by atoms with Gasteiger partial charge in [0.2, 0.25) is 10.0 Å². The van der Waals surface area contributed by atoms with Gasteiger partial charge in [-0.1, -0.05) is 40.0 Å². The SMILES string of the molecule is CCCCCC(C)(C)CNS(=O)(=O)CCCNC. The topological polar surface area (TPSA) is 58.2 Å². The fourth-order valence-corrected chi connectivity index (χ4v) is 3.04. The summed E-state index contributed by atoms with van der Waals surface area (Å²) in [5.74, 6) is 0.207. The summed E-state index contributed by atoms with van der Waals surface area (Å²) in [5, 5.41) is 2.95. The van der Waals surface area contributed by atoms with Gasteiger partial charge in [-0.25, -0.2) is 13.1 Å². The van der Waals surface area contributed by atoms with Gasteiger partial charge in [-0.15, -0.1) is 0 Å². The quantitative estimate of drug-likeness (QED) is 0.569. The molecule has 0 aliphatic rings. The average molecular weight is 278 g/mol. The summed E-state index contributed by atoms with van der Waals surface area (Å²) in [4.78, 5) is 0. The number of nitrogens with one attached hydrogen (secondary N) is 2. The lowest BCUT2D eigenvalue weighted by molar-refractivity contribution is 0.320. The zero-order valence-corrected chi connectivity index (χ0v) is 13.2. The lowest BCUT2D eigenvalue weighted by Crippen LogP contribution is -2.35. The first kappa shape index (κ1) is 17.9. The van der Waals surface area contributed by atoms with E-state index in [2.05, 4.69) is 30.8 Å². The lowest BCUT2D eigenvalue weighted by Gasteiger charge is -2.24. The molecule has 0 unspecified atom stereocenters. The van der Waals surface area contributed by atoms with Gasteiger partial charge in [0, 0.05) is 6.54 Å². The summed E-state index contributed by atoms with van der Waals surface area (Å²) in [7, 11) is -1.28. The van der Waals surface area contributed by atoms with Crippen molar-refractivity contribution in [1.29, 1.82) is 0 Å². The van der Waals surface area contributed by atoms with E-state index in [4.69, 9.17) is 0 Å². The molecule has 0 aliphatic heterocycles. The van der Waals surface area contributed by atoms with Crippen LogP contribution >= 0.6 is 0 Å². The highest BCUT2D eigenvalue weighted by Crippen LogP contribution is 2.22. The van der Waals surface area contributed by atoms with Crippen molar-refractivity contribution in [3.8, 4) is 0 Å². The molecular weight excluding hydrogens is 248 g/mol. The van der Waals surface area contributed by atoms with E-state index in [-0.39, 0.29) is 11.2 Å². The summed E-state index contributed by atoms with van der Waals surface area (Å²) in [6.45, 7) is 7.70. The van der Waals surface area contributed by atoms with E-state index in [9.17, 15) is 8.42 Å². The first-order valence-corrected chi connectivity index (χ1v) is 8.60. The Morgan fingerprint density at radius 1 is 1.11 bits per heavy atom. The smallest absolute Gasteiger partial charge is 0.211 e. The van der Waals surface area contributed by atoms with Crippen molar-refractivity contribution >= 4 is 10.0 Å². The van der Waals surface area contributed by atoms with E-state index in [1.165, 1.54) is 19.3 Å². The van der Waals surface area contributed by atoms with Gasteiger partial charge in [-0.3, -0.25) is 0 Å². The van der Waals surface area contributed by atoms with Gasteiger partial charge in [-0.05, 0) is 31.8 Å². The van der Waals surface area contributed by atoms with Crippen LogP contribution in [0.1, 0.15) is 52.9 Å². The highest BCUT2D eigenvalue weighted by Gasteiger charge is 2.20. The zero-order valence-electron chi connectivity index (χ0n) is 12.4. The fourth-order valence-electron chi connectivity index (χ4n) is 1.76. The van der Waals surface area contributed by atoms with Crippen LogP contribution in [0.5, 0.6) is 0 Å². The lowest BCUT2D eigenvalue weighted by atomic mass is 9.87. The number of rotatable bonds is 11. The first-order chi connectivity index (χ1) is 8.33. The molecule has 0 aromatic heterocycles. The third-order valence-corrected chi connectivity index (χ3v) is 4.48. The number of unbranched alkanes of at least 4 members (excludes halogenated alkanes) is 2. The molecular formula is C13H30N2O2S. The van der Waals surface area contributed by atoms with E-state index in [1.54, 1.807) is 0 Å². The molecule has 0 bridgehead atoms. The molecule has 2 N–H and O–H groups in total. The second-order valence-corrected chi connectivity index (χ2v) is 7.64. The maximum atomic E-state index is 11.7. The second kappa shape index (κ2) is 8.88. The molecule has 4 nitrogen and oxygen atoms in total. The van der Waals surface area contributed by atoms with E-state index in [0.717, 1.165) is 13.0 Å². The zero-order chi connectivity index (χ0) is 14.1. The largest absolute Gasteiger partial charge is 0.320 e. The molecule has 0 saturated carbocycles. The Labute approximate surface area is 113 Å². The molecule has 0 aromatic carbocycles. The molecule has 18 heavy (non-hydrogen) atoms. The van der Waals surface area contributed by atoms with Crippen LogP contribution in [0.15, 0.2) is 0 Å². The van der Waals surface area contributed by atoms with E-state index < -0.39 is 10.0 Å². The van der Waals surface area contributed by atoms with E-state index in [1.807, 2.05) is 7.05 Å². The Morgan fingerprint density at radius 2 is 1.78 bits per heavy atom. The van der Waals surface area contributed by atoms with Gasteiger partial charge in [0.1, 0.15) is 0 Å². The number of hydrogen-bond acceptors (Lipinski definition) is 3. The van der Waals surface area contributed by atoms with Crippen LogP contribution < -0.4 is 10.0 Å². The molecule has 0 spiro atoms. The molecule has 110 valence electrons. The third kappa shape index (κ3) is 9.85. The molecule has 0 radical (unpaired) electrons. The standard InChI is InChI=1S/C13H30N2O2S/c1-5-6-7-9-13(2,3)12-15-18(16,17)11-8-10-14-4/h14-15H,5-12H2,1-4H3. The third-order valence-electron chi connectivity index (χ3n) is 3.07. The Bertz CT molecular complexity index is 300. The highest BCUT2D eigenvalue weighted by atomic mass is 32.2. The fraction of sp³-hybridized carbons (Fsp3) is 1.00. The van der Waals surface area contributed by atoms with Crippen LogP contribution in [-0.2, 0) is 10.0 Å². The number of hydrogen-bond donors (Lipinski definition) is 2. The van der Waals surface area contributed by atoms with Crippen LogP contribution in [0, 0.1) is 5.41 Å². The van der Waals surface area contributed by atoms with E-state index in [0.29, 0.717) is 13.0 Å². The Morgan fingerprint density at radius 3 is 2.33 bits per heavy atom. The Balaban J connectivity index is 3.97. The maximum absolute atomic E-state index is 11.7. The van der Waals surface area contributed by atoms with Crippen LogP contribution in [0.25, 0.3) is 0 Å². The van der Waals surface area contributed by atoms with Crippen molar-refractivity contribution in [2.45, 2.75) is 52.9 Å². The molecule has 5 heteroatoms. The van der Waals surface area contributed by atoms with Gasteiger partial charge in [0.25, 0.3) is 0 Å². The Kier molecular flexibility index (Phi) is 8.82. The Hall–Kier alpha value is -0.130. The summed E-state index contributed by atoms with van der Waals surface area (Å²) < 4.78 is 26.2. The van der Waals surface area contributed by atoms with Crippen LogP contribution in [0.4, 0.5) is 0 Å². The van der Waals surface area contributed by atoms with E-state index >= 15 is 0 Å². The second-order valence-electron chi connectivity index (χ2n) is 5.72. The molecule has 0 amide bonds. The van der Waals surface area contributed by atoms with Gasteiger partial charge in [-0.2, -0.15) is 0 Å². The molecule has 0 rings (SSSR count). The van der Waals surface area contributed by atoms with Crippen molar-refractivity contribution in [3.05, 3.63) is 0 Å². The summed E-state index contributed by atoms with van der Waals surface area (Å²) in [6, 6.07) is 0. The van der Waals surface area contributed by atoms with Crippen LogP contribution in [-0.4, -0.2) is 34.3 Å². The van der Waals surface area contributed by atoms with Crippen molar-refractivity contribution in [2.75, 3.05) is 25.9 Å². The minimum absolute atomic E-state index is 0.0469. The van der Waals surface area contributed by atoms with Crippen molar-refractivity contribution in [2.24, 2.45) is 5.41 Å². The summed E-state index contributed by atoms with van der Waals surface area (Å²) in [5.41, 5.74) is 0.0469. The van der Waals surface area contributed by atoms with Gasteiger partial charge in [0.05, 0.1) is 5.75 Å². The van der Waals surface area contributed by atoms with Crippen LogP contribution in [0.3, 0.4) is 0 Å². The monoisotopic (exact) mass is 278 g/mol.